The van der Waals surface area contributed by atoms with Gasteiger partial charge < -0.3 is 4.57 Å². The van der Waals surface area contributed by atoms with Gasteiger partial charge in [0.25, 0.3) is 0 Å². The van der Waals surface area contributed by atoms with Crippen LogP contribution in [-0.2, 0) is 19.4 Å². The van der Waals surface area contributed by atoms with E-state index < -0.39 is 0 Å². The van der Waals surface area contributed by atoms with E-state index in [1.165, 1.54) is 22.2 Å². The van der Waals surface area contributed by atoms with E-state index in [1.807, 2.05) is 12.3 Å². The van der Waals surface area contributed by atoms with E-state index in [4.69, 9.17) is 12.2 Å². The topological polar surface area (TPSA) is 50.9 Å². The van der Waals surface area contributed by atoms with Gasteiger partial charge in [0.05, 0.1) is 6.21 Å². The number of aromatic nitrogens is 4. The Hall–Kier alpha value is -2.99. The summed E-state index contributed by atoms with van der Waals surface area (Å²) < 4.78 is 4.55. The molecule has 2 aromatic carbocycles. The van der Waals surface area contributed by atoms with Crippen molar-refractivity contribution in [3.63, 3.8) is 0 Å². The molecule has 28 heavy (non-hydrogen) atoms. The van der Waals surface area contributed by atoms with Crippen LogP contribution in [0.15, 0.2) is 59.7 Å². The molecule has 6 heteroatoms. The molecule has 0 unspecified atom stereocenters. The molecular formula is C22H23N5S. The van der Waals surface area contributed by atoms with Crippen LogP contribution in [0.4, 0.5) is 0 Å². The number of hydrogen-bond acceptors (Lipinski definition) is 3. The quantitative estimate of drug-likeness (QED) is 0.377. The molecule has 2 heterocycles. The zero-order chi connectivity index (χ0) is 19.5. The van der Waals surface area contributed by atoms with Crippen LogP contribution in [0.2, 0.25) is 0 Å². The van der Waals surface area contributed by atoms with Gasteiger partial charge >= 0.3 is 0 Å². The second-order valence-electron chi connectivity index (χ2n) is 6.75. The number of aryl methyl sites for hydroxylation is 3. The average Bonchev–Trinajstić information content (AvgIpc) is 3.21. The number of para-hydroxylation sites is 1. The first-order valence-corrected chi connectivity index (χ1v) is 9.92. The summed E-state index contributed by atoms with van der Waals surface area (Å²) in [5, 5.41) is 13.1. The number of nitrogens with zero attached hydrogens (tertiary/aromatic N) is 4. The van der Waals surface area contributed by atoms with Crippen LogP contribution in [0, 0.1) is 11.7 Å². The van der Waals surface area contributed by atoms with E-state index in [2.05, 4.69) is 82.2 Å². The van der Waals surface area contributed by atoms with Crippen LogP contribution in [0.5, 0.6) is 0 Å². The predicted octanol–water partition coefficient (Wildman–Crippen LogP) is 4.89. The molecule has 1 N–H and O–H groups in total. The van der Waals surface area contributed by atoms with Gasteiger partial charge in [0.15, 0.2) is 5.82 Å². The average molecular weight is 390 g/mol. The highest BCUT2D eigenvalue weighted by molar-refractivity contribution is 7.71. The van der Waals surface area contributed by atoms with Crippen molar-refractivity contribution in [1.29, 1.82) is 0 Å². The lowest BCUT2D eigenvalue weighted by Crippen LogP contribution is -2.02. The Bertz CT molecular complexity index is 1180. The Morgan fingerprint density at radius 2 is 1.82 bits per heavy atom. The maximum atomic E-state index is 5.40. The Morgan fingerprint density at radius 1 is 1.07 bits per heavy atom. The van der Waals surface area contributed by atoms with Gasteiger partial charge in [-0.1, -0.05) is 48.5 Å². The third-order valence-electron chi connectivity index (χ3n) is 5.10. The number of rotatable bonds is 6. The highest BCUT2D eigenvalue weighted by Crippen LogP contribution is 2.24. The fraction of sp³-hybridized carbons (Fsp3) is 0.227. The summed E-state index contributed by atoms with van der Waals surface area (Å²) in [7, 11) is 0. The third-order valence-corrected chi connectivity index (χ3v) is 5.36. The lowest BCUT2D eigenvalue weighted by molar-refractivity contribution is 0.749. The molecule has 142 valence electrons. The van der Waals surface area contributed by atoms with E-state index >= 15 is 0 Å². The Kier molecular flexibility index (Phi) is 5.21. The zero-order valence-electron chi connectivity index (χ0n) is 16.1. The fourth-order valence-corrected chi connectivity index (χ4v) is 3.85. The number of nitrogens with one attached hydrogen (secondary N) is 1. The minimum atomic E-state index is 0.510. The SMILES string of the molecule is CCn1c(C)c(/C=N\n2c(CCc3ccccc3)n[nH]c2=S)c2ccccc21. The van der Waals surface area contributed by atoms with Crippen LogP contribution >= 0.6 is 12.2 Å². The van der Waals surface area contributed by atoms with Gasteiger partial charge in [0, 0.05) is 35.1 Å². The van der Waals surface area contributed by atoms with E-state index in [-0.39, 0.29) is 0 Å². The number of benzene rings is 2. The molecule has 0 saturated heterocycles. The molecular weight excluding hydrogens is 366 g/mol. The van der Waals surface area contributed by atoms with Gasteiger partial charge in [0.1, 0.15) is 0 Å². The molecule has 4 rings (SSSR count). The lowest BCUT2D eigenvalue weighted by Gasteiger charge is -2.03. The molecule has 2 aromatic heterocycles. The molecule has 0 aliphatic heterocycles. The van der Waals surface area contributed by atoms with Gasteiger partial charge in [0.2, 0.25) is 4.77 Å². The van der Waals surface area contributed by atoms with Crippen molar-refractivity contribution in [3.05, 3.63) is 82.0 Å². The molecule has 0 amide bonds. The summed E-state index contributed by atoms with van der Waals surface area (Å²) in [6.07, 6.45) is 3.56. The van der Waals surface area contributed by atoms with Gasteiger partial charge in [-0.3, -0.25) is 5.10 Å². The van der Waals surface area contributed by atoms with Crippen LogP contribution in [-0.4, -0.2) is 25.7 Å². The standard InChI is InChI=1S/C22H23N5S/c1-3-26-16(2)19(18-11-7-8-12-20(18)26)15-23-27-21(24-25-22(27)28)14-13-17-9-5-4-6-10-17/h4-12,15H,3,13-14H2,1-2H3,(H,25,28)/b23-15-. The van der Waals surface area contributed by atoms with Gasteiger partial charge in [-0.15, -0.1) is 0 Å². The summed E-state index contributed by atoms with van der Waals surface area (Å²) in [6.45, 7) is 5.22. The second kappa shape index (κ2) is 7.94. The molecule has 0 radical (unpaired) electrons. The Morgan fingerprint density at radius 3 is 2.61 bits per heavy atom. The van der Waals surface area contributed by atoms with Crippen LogP contribution in [0.25, 0.3) is 10.9 Å². The van der Waals surface area contributed by atoms with Crippen molar-refractivity contribution in [1.82, 2.24) is 19.4 Å². The fourth-order valence-electron chi connectivity index (χ4n) is 3.65. The van der Waals surface area contributed by atoms with Gasteiger partial charge in [-0.25, -0.2) is 0 Å². The predicted molar refractivity (Wildman–Crippen MR) is 117 cm³/mol. The van der Waals surface area contributed by atoms with Crippen molar-refractivity contribution in [3.8, 4) is 0 Å². The molecule has 5 nitrogen and oxygen atoms in total. The number of hydrogen-bond donors (Lipinski definition) is 1. The molecule has 0 saturated carbocycles. The van der Waals surface area contributed by atoms with Gasteiger partial charge in [-0.05, 0) is 44.1 Å². The Labute approximate surface area is 169 Å². The first-order chi connectivity index (χ1) is 13.7. The van der Waals surface area contributed by atoms with E-state index in [1.54, 1.807) is 4.68 Å². The molecule has 0 atom stereocenters. The smallest absolute Gasteiger partial charge is 0.216 e. The molecule has 0 spiro atoms. The third kappa shape index (κ3) is 3.43. The lowest BCUT2D eigenvalue weighted by atomic mass is 10.1. The summed E-state index contributed by atoms with van der Waals surface area (Å²) in [6, 6.07) is 18.8. The monoisotopic (exact) mass is 389 g/mol. The normalized spacial score (nSPS) is 11.6. The minimum Gasteiger partial charge on any atom is -0.344 e. The maximum Gasteiger partial charge on any atom is 0.216 e. The van der Waals surface area contributed by atoms with E-state index in [0.29, 0.717) is 4.77 Å². The zero-order valence-corrected chi connectivity index (χ0v) is 16.9. The Balaban J connectivity index is 1.66. The number of H-pyrrole nitrogens is 1. The van der Waals surface area contributed by atoms with Crippen molar-refractivity contribution >= 4 is 29.3 Å². The minimum absolute atomic E-state index is 0.510. The summed E-state index contributed by atoms with van der Waals surface area (Å²) in [4.78, 5) is 0. The van der Waals surface area contributed by atoms with Crippen LogP contribution < -0.4 is 0 Å². The summed E-state index contributed by atoms with van der Waals surface area (Å²) in [5.74, 6) is 0.835. The van der Waals surface area contributed by atoms with E-state index in [9.17, 15) is 0 Å². The molecule has 0 aliphatic rings. The van der Waals surface area contributed by atoms with Crippen molar-refractivity contribution in [2.24, 2.45) is 5.10 Å². The number of aromatic amines is 1. The molecule has 0 aliphatic carbocycles. The van der Waals surface area contributed by atoms with E-state index in [0.717, 1.165) is 30.8 Å². The maximum absolute atomic E-state index is 5.40. The first-order valence-electron chi connectivity index (χ1n) is 9.51. The first kappa shape index (κ1) is 18.4. The molecule has 0 bridgehead atoms. The highest BCUT2D eigenvalue weighted by atomic mass is 32.1. The van der Waals surface area contributed by atoms with Gasteiger partial charge in [-0.2, -0.15) is 14.9 Å². The summed E-state index contributed by atoms with van der Waals surface area (Å²) >= 11 is 5.40. The van der Waals surface area contributed by atoms with Crippen molar-refractivity contribution < 1.29 is 0 Å². The molecule has 4 aromatic rings. The number of fused-ring (bicyclic) bond motifs is 1. The second-order valence-corrected chi connectivity index (χ2v) is 7.13. The van der Waals surface area contributed by atoms with Crippen LogP contribution in [0.1, 0.15) is 29.6 Å². The van der Waals surface area contributed by atoms with Crippen molar-refractivity contribution in [2.75, 3.05) is 0 Å². The largest absolute Gasteiger partial charge is 0.344 e. The van der Waals surface area contributed by atoms with Crippen molar-refractivity contribution in [2.45, 2.75) is 33.2 Å². The molecule has 0 fully saturated rings. The summed E-state index contributed by atoms with van der Waals surface area (Å²) in [5.41, 5.74) is 4.82. The highest BCUT2D eigenvalue weighted by Gasteiger charge is 2.12. The van der Waals surface area contributed by atoms with Crippen LogP contribution in [0.3, 0.4) is 0 Å².